The summed E-state index contributed by atoms with van der Waals surface area (Å²) in [6, 6.07) is 15.4. The number of hydrogen-bond donors (Lipinski definition) is 1. The van der Waals surface area contributed by atoms with Gasteiger partial charge in [-0.25, -0.2) is 4.98 Å². The SMILES string of the molecule is Cc1cccc(NC=C(C#N)c2nc(-c3ccc(Cl)cc3Cl)cs2)c1. The van der Waals surface area contributed by atoms with Crippen LogP contribution in [0.3, 0.4) is 0 Å². The van der Waals surface area contributed by atoms with E-state index in [0.29, 0.717) is 20.6 Å². The van der Waals surface area contributed by atoms with Gasteiger partial charge in [0.25, 0.3) is 0 Å². The van der Waals surface area contributed by atoms with Crippen LogP contribution in [0.4, 0.5) is 5.69 Å². The summed E-state index contributed by atoms with van der Waals surface area (Å²) in [5.74, 6) is 0. The second-order valence-electron chi connectivity index (χ2n) is 5.35. The summed E-state index contributed by atoms with van der Waals surface area (Å²) < 4.78 is 0. The van der Waals surface area contributed by atoms with Crippen molar-refractivity contribution in [3.05, 3.63) is 74.7 Å². The van der Waals surface area contributed by atoms with Gasteiger partial charge in [0, 0.05) is 27.9 Å². The first-order chi connectivity index (χ1) is 12.1. The number of nitrogens with one attached hydrogen (secondary N) is 1. The van der Waals surface area contributed by atoms with E-state index in [2.05, 4.69) is 16.4 Å². The molecule has 0 saturated carbocycles. The lowest BCUT2D eigenvalue weighted by molar-refractivity contribution is 1.36. The predicted molar refractivity (Wildman–Crippen MR) is 106 cm³/mol. The van der Waals surface area contributed by atoms with Crippen LogP contribution in [0.5, 0.6) is 0 Å². The number of nitriles is 1. The maximum absolute atomic E-state index is 9.45. The predicted octanol–water partition coefficient (Wildman–Crippen LogP) is 6.40. The van der Waals surface area contributed by atoms with E-state index in [1.54, 1.807) is 18.3 Å². The van der Waals surface area contributed by atoms with Gasteiger partial charge in [0.15, 0.2) is 0 Å². The van der Waals surface area contributed by atoms with Crippen LogP contribution in [-0.2, 0) is 0 Å². The third-order valence-corrected chi connectivity index (χ3v) is 4.89. The molecule has 3 nitrogen and oxygen atoms in total. The van der Waals surface area contributed by atoms with Gasteiger partial charge in [-0.05, 0) is 42.8 Å². The monoisotopic (exact) mass is 385 g/mol. The largest absolute Gasteiger partial charge is 0.360 e. The Balaban J connectivity index is 1.86. The second kappa shape index (κ2) is 7.71. The molecule has 0 radical (unpaired) electrons. The summed E-state index contributed by atoms with van der Waals surface area (Å²) in [4.78, 5) is 4.53. The number of thiazole rings is 1. The van der Waals surface area contributed by atoms with Gasteiger partial charge in [0.1, 0.15) is 16.6 Å². The highest BCUT2D eigenvalue weighted by Gasteiger charge is 2.11. The highest BCUT2D eigenvalue weighted by molar-refractivity contribution is 7.11. The zero-order chi connectivity index (χ0) is 17.8. The van der Waals surface area contributed by atoms with Crippen molar-refractivity contribution in [2.45, 2.75) is 6.92 Å². The van der Waals surface area contributed by atoms with E-state index in [1.807, 2.05) is 42.6 Å². The van der Waals surface area contributed by atoms with E-state index in [1.165, 1.54) is 11.3 Å². The molecule has 6 heteroatoms. The Morgan fingerprint density at radius 2 is 2.08 bits per heavy atom. The normalized spacial score (nSPS) is 11.2. The van der Waals surface area contributed by atoms with Gasteiger partial charge in [-0.1, -0.05) is 35.3 Å². The van der Waals surface area contributed by atoms with Gasteiger partial charge >= 0.3 is 0 Å². The fourth-order valence-corrected chi connectivity index (χ4v) is 3.54. The first-order valence-corrected chi connectivity index (χ1v) is 9.05. The molecule has 3 aromatic rings. The number of nitrogens with zero attached hydrogens (tertiary/aromatic N) is 2. The standard InChI is InChI=1S/C19H13Cl2N3S/c1-12-3-2-4-15(7-12)23-10-13(9-22)19-24-18(11-25-19)16-6-5-14(20)8-17(16)21/h2-8,10-11,23H,1H3. The lowest BCUT2D eigenvalue weighted by atomic mass is 10.2. The molecule has 124 valence electrons. The van der Waals surface area contributed by atoms with Crippen LogP contribution in [0.25, 0.3) is 16.8 Å². The number of hydrogen-bond acceptors (Lipinski definition) is 4. The zero-order valence-corrected chi connectivity index (χ0v) is 15.6. The molecule has 0 fully saturated rings. The topological polar surface area (TPSA) is 48.7 Å². The number of aryl methyl sites for hydroxylation is 1. The molecule has 1 heterocycles. The molecule has 0 aliphatic heterocycles. The van der Waals surface area contributed by atoms with Crippen molar-refractivity contribution in [1.29, 1.82) is 5.26 Å². The van der Waals surface area contributed by atoms with E-state index in [-0.39, 0.29) is 0 Å². The summed E-state index contributed by atoms with van der Waals surface area (Å²) in [6.07, 6.45) is 1.67. The maximum atomic E-state index is 9.45. The summed E-state index contributed by atoms with van der Waals surface area (Å²) in [5.41, 5.74) is 4.04. The molecule has 25 heavy (non-hydrogen) atoms. The van der Waals surface area contributed by atoms with Crippen molar-refractivity contribution in [3.63, 3.8) is 0 Å². The molecule has 1 aromatic heterocycles. The molecule has 1 N–H and O–H groups in total. The van der Waals surface area contributed by atoms with Crippen LogP contribution in [0, 0.1) is 18.3 Å². The quantitative estimate of drug-likeness (QED) is 0.528. The Kier molecular flexibility index (Phi) is 5.40. The van der Waals surface area contributed by atoms with Gasteiger partial charge in [0.2, 0.25) is 0 Å². The van der Waals surface area contributed by atoms with Crippen LogP contribution >= 0.6 is 34.5 Å². The van der Waals surface area contributed by atoms with Crippen LogP contribution in [0.15, 0.2) is 54.0 Å². The molecule has 0 aliphatic rings. The van der Waals surface area contributed by atoms with E-state index in [0.717, 1.165) is 22.5 Å². The molecular formula is C19H13Cl2N3S. The zero-order valence-electron chi connectivity index (χ0n) is 13.3. The molecule has 0 saturated heterocycles. The number of anilines is 1. The summed E-state index contributed by atoms with van der Waals surface area (Å²) >= 11 is 13.6. The number of allylic oxidation sites excluding steroid dienone is 1. The van der Waals surface area contributed by atoms with Crippen molar-refractivity contribution < 1.29 is 0 Å². The van der Waals surface area contributed by atoms with E-state index in [9.17, 15) is 5.26 Å². The molecule has 0 atom stereocenters. The molecular weight excluding hydrogens is 373 g/mol. The van der Waals surface area contributed by atoms with Gasteiger partial charge in [0.05, 0.1) is 10.7 Å². The Hall–Kier alpha value is -2.32. The van der Waals surface area contributed by atoms with E-state index in [4.69, 9.17) is 23.2 Å². The molecule has 0 bridgehead atoms. The van der Waals surface area contributed by atoms with Crippen molar-refractivity contribution >= 4 is 45.8 Å². The highest BCUT2D eigenvalue weighted by atomic mass is 35.5. The molecule has 3 rings (SSSR count). The number of aromatic nitrogens is 1. The minimum atomic E-state index is 0.461. The third kappa shape index (κ3) is 4.21. The lowest BCUT2D eigenvalue weighted by Crippen LogP contribution is -1.91. The Bertz CT molecular complexity index is 986. The van der Waals surface area contributed by atoms with Crippen LogP contribution in [-0.4, -0.2) is 4.98 Å². The van der Waals surface area contributed by atoms with Crippen LogP contribution in [0.2, 0.25) is 10.0 Å². The fourth-order valence-electron chi connectivity index (χ4n) is 2.25. The van der Waals surface area contributed by atoms with E-state index >= 15 is 0 Å². The minimum Gasteiger partial charge on any atom is -0.360 e. The van der Waals surface area contributed by atoms with Crippen molar-refractivity contribution in [2.75, 3.05) is 5.32 Å². The minimum absolute atomic E-state index is 0.461. The fraction of sp³-hybridized carbons (Fsp3) is 0.0526. The average Bonchev–Trinajstić information content (AvgIpc) is 3.05. The number of halogens is 2. The first kappa shape index (κ1) is 17.5. The number of rotatable bonds is 4. The van der Waals surface area contributed by atoms with Gasteiger partial charge in [-0.15, -0.1) is 11.3 Å². The second-order valence-corrected chi connectivity index (χ2v) is 7.05. The average molecular weight is 386 g/mol. The molecule has 0 spiro atoms. The smallest absolute Gasteiger partial charge is 0.136 e. The Morgan fingerprint density at radius 1 is 1.24 bits per heavy atom. The Morgan fingerprint density at radius 3 is 2.80 bits per heavy atom. The summed E-state index contributed by atoms with van der Waals surface area (Å²) in [7, 11) is 0. The molecule has 0 amide bonds. The Labute approximate surface area is 160 Å². The number of benzene rings is 2. The highest BCUT2D eigenvalue weighted by Crippen LogP contribution is 2.32. The van der Waals surface area contributed by atoms with Crippen LogP contribution in [0.1, 0.15) is 10.6 Å². The molecule has 0 unspecified atom stereocenters. The lowest BCUT2D eigenvalue weighted by Gasteiger charge is -2.02. The van der Waals surface area contributed by atoms with Gasteiger partial charge < -0.3 is 5.32 Å². The first-order valence-electron chi connectivity index (χ1n) is 7.41. The third-order valence-electron chi connectivity index (χ3n) is 3.46. The molecule has 2 aromatic carbocycles. The van der Waals surface area contributed by atoms with Crippen molar-refractivity contribution in [2.24, 2.45) is 0 Å². The molecule has 0 aliphatic carbocycles. The van der Waals surface area contributed by atoms with E-state index < -0.39 is 0 Å². The summed E-state index contributed by atoms with van der Waals surface area (Å²) in [5, 5.41) is 16.2. The van der Waals surface area contributed by atoms with Gasteiger partial charge in [-0.3, -0.25) is 0 Å². The summed E-state index contributed by atoms with van der Waals surface area (Å²) in [6.45, 7) is 2.02. The van der Waals surface area contributed by atoms with Crippen molar-refractivity contribution in [1.82, 2.24) is 4.98 Å². The van der Waals surface area contributed by atoms with Gasteiger partial charge in [-0.2, -0.15) is 5.26 Å². The van der Waals surface area contributed by atoms with Crippen molar-refractivity contribution in [3.8, 4) is 17.3 Å². The maximum Gasteiger partial charge on any atom is 0.136 e. The van der Waals surface area contributed by atoms with Crippen LogP contribution < -0.4 is 5.32 Å².